The van der Waals surface area contributed by atoms with Gasteiger partial charge in [-0.15, -0.1) is 10.2 Å². The second kappa shape index (κ2) is 8.06. The summed E-state index contributed by atoms with van der Waals surface area (Å²) in [5, 5.41) is 12.2. The summed E-state index contributed by atoms with van der Waals surface area (Å²) in [5.41, 5.74) is 0.838. The molecule has 1 aliphatic heterocycles. The lowest BCUT2D eigenvalue weighted by atomic mass is 10.2. The van der Waals surface area contributed by atoms with Crippen molar-refractivity contribution in [2.75, 3.05) is 18.5 Å². The average Bonchev–Trinajstić information content (AvgIpc) is 3.02. The first-order chi connectivity index (χ1) is 11.6. The topological polar surface area (TPSA) is 73.3 Å². The lowest BCUT2D eigenvalue weighted by Gasteiger charge is -2.13. The summed E-state index contributed by atoms with van der Waals surface area (Å²) in [5.74, 6) is 0.258. The predicted molar refractivity (Wildman–Crippen MR) is 94.5 cm³/mol. The molecular formula is C14H11Cl2N3O3S2. The van der Waals surface area contributed by atoms with Crippen LogP contribution in [0.5, 0.6) is 0 Å². The van der Waals surface area contributed by atoms with E-state index in [-0.39, 0.29) is 5.76 Å². The minimum atomic E-state index is -0.420. The third kappa shape index (κ3) is 4.32. The Labute approximate surface area is 156 Å². The third-order valence-corrected chi connectivity index (χ3v) is 5.61. The van der Waals surface area contributed by atoms with Crippen LogP contribution in [-0.2, 0) is 20.0 Å². The number of thioether (sulfide) groups is 1. The molecule has 0 unspecified atom stereocenters. The lowest BCUT2D eigenvalue weighted by Crippen LogP contribution is -2.21. The molecule has 1 aromatic heterocycles. The van der Waals surface area contributed by atoms with E-state index in [1.807, 2.05) is 0 Å². The van der Waals surface area contributed by atoms with Crippen LogP contribution in [0, 0.1) is 0 Å². The van der Waals surface area contributed by atoms with Gasteiger partial charge in [-0.05, 0) is 17.7 Å². The van der Waals surface area contributed by atoms with E-state index in [4.69, 9.17) is 32.7 Å². The Morgan fingerprint density at radius 3 is 2.79 bits per heavy atom. The Morgan fingerprint density at radius 2 is 2.08 bits per heavy atom. The molecule has 0 fully saturated rings. The minimum Gasteiger partial charge on any atom is -0.494 e. The molecule has 1 N–H and O–H groups in total. The van der Waals surface area contributed by atoms with E-state index in [0.29, 0.717) is 38.5 Å². The van der Waals surface area contributed by atoms with E-state index in [2.05, 4.69) is 15.5 Å². The molecule has 0 aliphatic carbocycles. The summed E-state index contributed by atoms with van der Waals surface area (Å²) >= 11 is 15.0. The van der Waals surface area contributed by atoms with Gasteiger partial charge in [-0.3, -0.25) is 10.1 Å². The van der Waals surface area contributed by atoms with Gasteiger partial charge >= 0.3 is 0 Å². The Morgan fingerprint density at radius 1 is 1.29 bits per heavy atom. The number of carbonyl (C=O) groups excluding carboxylic acids is 1. The van der Waals surface area contributed by atoms with Crippen LogP contribution in [0.3, 0.4) is 0 Å². The van der Waals surface area contributed by atoms with Crippen LogP contribution in [0.2, 0.25) is 10.0 Å². The zero-order valence-electron chi connectivity index (χ0n) is 12.1. The first kappa shape index (κ1) is 17.3. The molecular weight excluding hydrogens is 393 g/mol. The van der Waals surface area contributed by atoms with Crippen molar-refractivity contribution in [2.24, 2.45) is 0 Å². The van der Waals surface area contributed by atoms with Gasteiger partial charge in [0.25, 0.3) is 5.91 Å². The Hall–Kier alpha value is -1.48. The number of hydrogen-bond donors (Lipinski definition) is 1. The molecule has 1 aliphatic rings. The molecule has 1 aromatic carbocycles. The number of amides is 1. The summed E-state index contributed by atoms with van der Waals surface area (Å²) in [6, 6.07) is 5.37. The van der Waals surface area contributed by atoms with Crippen LogP contribution < -0.4 is 5.32 Å². The van der Waals surface area contributed by atoms with Crippen molar-refractivity contribution in [3.63, 3.8) is 0 Å². The fourth-order valence-electron chi connectivity index (χ4n) is 1.77. The van der Waals surface area contributed by atoms with Crippen molar-refractivity contribution in [1.29, 1.82) is 0 Å². The number of hydrogen-bond acceptors (Lipinski definition) is 7. The van der Waals surface area contributed by atoms with Crippen molar-refractivity contribution in [3.8, 4) is 0 Å². The largest absolute Gasteiger partial charge is 0.494 e. The number of benzene rings is 1. The first-order valence-electron chi connectivity index (χ1n) is 6.78. The van der Waals surface area contributed by atoms with Crippen molar-refractivity contribution in [2.45, 2.75) is 10.1 Å². The van der Waals surface area contributed by atoms with E-state index in [1.54, 1.807) is 18.2 Å². The second-order valence-corrected chi connectivity index (χ2v) is 7.53. The minimum absolute atomic E-state index is 0.119. The van der Waals surface area contributed by atoms with Gasteiger partial charge in [0.15, 0.2) is 4.34 Å². The molecule has 3 rings (SSSR count). The monoisotopic (exact) mass is 403 g/mol. The summed E-state index contributed by atoms with van der Waals surface area (Å²) in [6.07, 6.45) is 1.29. The Bertz CT molecular complexity index is 762. The highest BCUT2D eigenvalue weighted by Crippen LogP contribution is 2.33. The maximum absolute atomic E-state index is 12.0. The zero-order valence-corrected chi connectivity index (χ0v) is 15.3. The van der Waals surface area contributed by atoms with Gasteiger partial charge in [0.1, 0.15) is 19.5 Å². The second-order valence-electron chi connectivity index (χ2n) is 4.52. The highest BCUT2D eigenvalue weighted by atomic mass is 35.5. The highest BCUT2D eigenvalue weighted by molar-refractivity contribution is 8.00. The van der Waals surface area contributed by atoms with E-state index >= 15 is 0 Å². The molecule has 2 heterocycles. The van der Waals surface area contributed by atoms with E-state index in [0.717, 1.165) is 5.56 Å². The third-order valence-electron chi connectivity index (χ3n) is 2.90. The van der Waals surface area contributed by atoms with Crippen molar-refractivity contribution in [1.82, 2.24) is 10.2 Å². The number of carbonyl (C=O) groups is 1. The molecule has 6 nitrogen and oxygen atoms in total. The van der Waals surface area contributed by atoms with Crippen LogP contribution >= 0.6 is 46.3 Å². The van der Waals surface area contributed by atoms with Gasteiger partial charge in [-0.25, -0.2) is 0 Å². The number of aromatic nitrogens is 2. The van der Waals surface area contributed by atoms with E-state index < -0.39 is 5.91 Å². The van der Waals surface area contributed by atoms with Gasteiger partial charge in [0.2, 0.25) is 10.9 Å². The predicted octanol–water partition coefficient (Wildman–Crippen LogP) is 3.96. The number of halogens is 2. The average molecular weight is 404 g/mol. The van der Waals surface area contributed by atoms with Crippen molar-refractivity contribution >= 4 is 57.3 Å². The smallest absolute Gasteiger partial charge is 0.295 e. The Balaban J connectivity index is 1.59. The molecule has 126 valence electrons. The van der Waals surface area contributed by atoms with Crippen molar-refractivity contribution < 1.29 is 14.3 Å². The van der Waals surface area contributed by atoms with Gasteiger partial charge in [0.05, 0.1) is 0 Å². The fourth-order valence-corrected chi connectivity index (χ4v) is 4.26. The molecule has 0 radical (unpaired) electrons. The van der Waals surface area contributed by atoms with Gasteiger partial charge in [0, 0.05) is 15.8 Å². The maximum Gasteiger partial charge on any atom is 0.295 e. The van der Waals surface area contributed by atoms with Gasteiger partial charge in [-0.2, -0.15) is 0 Å². The number of anilines is 1. The molecule has 0 saturated heterocycles. The van der Waals surface area contributed by atoms with Crippen LogP contribution in [0.15, 0.2) is 34.6 Å². The summed E-state index contributed by atoms with van der Waals surface area (Å²) in [7, 11) is 0. The number of rotatable bonds is 5. The number of nitrogens with zero attached hydrogens (tertiary/aromatic N) is 2. The standard InChI is InChI=1S/C14H11Cl2N3O3S2/c15-9-2-1-3-10(16)8(9)7-23-14-19-18-13(24-14)17-12(20)11-6-21-4-5-22-11/h1-3,6H,4-5,7H2,(H,17,18,20). The van der Waals surface area contributed by atoms with Crippen LogP contribution in [0.4, 0.5) is 5.13 Å². The fraction of sp³-hybridized carbons (Fsp3) is 0.214. The van der Waals surface area contributed by atoms with E-state index in [1.165, 1.54) is 29.4 Å². The zero-order chi connectivity index (χ0) is 16.9. The first-order valence-corrected chi connectivity index (χ1v) is 9.34. The molecule has 0 spiro atoms. The van der Waals surface area contributed by atoms with Crippen LogP contribution in [-0.4, -0.2) is 29.3 Å². The van der Waals surface area contributed by atoms with Gasteiger partial charge in [-0.1, -0.05) is 52.4 Å². The summed E-state index contributed by atoms with van der Waals surface area (Å²) < 4.78 is 10.9. The lowest BCUT2D eigenvalue weighted by molar-refractivity contribution is -0.117. The molecule has 2 aromatic rings. The van der Waals surface area contributed by atoms with E-state index in [9.17, 15) is 4.79 Å². The molecule has 24 heavy (non-hydrogen) atoms. The molecule has 10 heteroatoms. The van der Waals surface area contributed by atoms with Crippen molar-refractivity contribution in [3.05, 3.63) is 45.8 Å². The molecule has 0 saturated carbocycles. The number of ether oxygens (including phenoxy) is 2. The van der Waals surface area contributed by atoms with Gasteiger partial charge < -0.3 is 9.47 Å². The normalized spacial score (nSPS) is 13.7. The molecule has 0 bridgehead atoms. The highest BCUT2D eigenvalue weighted by Gasteiger charge is 2.17. The maximum atomic E-state index is 12.0. The molecule has 0 atom stereocenters. The molecule has 1 amide bonds. The summed E-state index contributed by atoms with van der Waals surface area (Å²) in [4.78, 5) is 12.0. The number of nitrogens with one attached hydrogen (secondary N) is 1. The Kier molecular flexibility index (Phi) is 5.83. The SMILES string of the molecule is O=C(Nc1nnc(SCc2c(Cl)cccc2Cl)s1)C1=COCCO1. The van der Waals surface area contributed by atoms with Crippen LogP contribution in [0.1, 0.15) is 5.56 Å². The van der Waals surface area contributed by atoms with Crippen LogP contribution in [0.25, 0.3) is 0 Å². The quantitative estimate of drug-likeness (QED) is 0.601. The summed E-state index contributed by atoms with van der Waals surface area (Å²) in [6.45, 7) is 0.774.